The van der Waals surface area contributed by atoms with Crippen LogP contribution in [-0.4, -0.2) is 27.8 Å². The second-order valence-corrected chi connectivity index (χ2v) is 6.81. The Morgan fingerprint density at radius 1 is 1.36 bits per heavy atom. The van der Waals surface area contributed by atoms with Gasteiger partial charge >= 0.3 is 0 Å². The van der Waals surface area contributed by atoms with Gasteiger partial charge in [-0.05, 0) is 37.3 Å². The first-order chi connectivity index (χ1) is 12.1. The minimum Gasteiger partial charge on any atom is -0.354 e. The van der Waals surface area contributed by atoms with E-state index < -0.39 is 0 Å². The maximum atomic E-state index is 12.3. The summed E-state index contributed by atoms with van der Waals surface area (Å²) in [5, 5.41) is 2.97. The van der Waals surface area contributed by atoms with Crippen LogP contribution in [0.25, 0.3) is 0 Å². The van der Waals surface area contributed by atoms with E-state index in [1.165, 1.54) is 5.56 Å². The van der Waals surface area contributed by atoms with Gasteiger partial charge in [-0.2, -0.15) is 0 Å². The van der Waals surface area contributed by atoms with Gasteiger partial charge in [-0.25, -0.2) is 4.98 Å². The molecule has 2 atom stereocenters. The minimum absolute atomic E-state index is 0.0267. The molecule has 0 spiro atoms. The van der Waals surface area contributed by atoms with Gasteiger partial charge in [0.1, 0.15) is 5.78 Å². The van der Waals surface area contributed by atoms with Gasteiger partial charge in [-0.15, -0.1) is 0 Å². The predicted molar refractivity (Wildman–Crippen MR) is 96.1 cm³/mol. The van der Waals surface area contributed by atoms with Crippen LogP contribution >= 0.6 is 0 Å². The van der Waals surface area contributed by atoms with Gasteiger partial charge in [0.05, 0.1) is 12.2 Å². The van der Waals surface area contributed by atoms with Crippen molar-refractivity contribution in [2.75, 3.05) is 6.54 Å². The van der Waals surface area contributed by atoms with Crippen molar-refractivity contribution < 1.29 is 9.59 Å². The molecule has 2 aromatic rings. The molecule has 132 valence electrons. The number of carbonyl (C=O) groups excluding carboxylic acids is 2. The summed E-state index contributed by atoms with van der Waals surface area (Å²) in [7, 11) is 0. The average Bonchev–Trinajstić information content (AvgIpc) is 3.27. The highest BCUT2D eigenvalue weighted by molar-refractivity contribution is 5.83. The zero-order chi connectivity index (χ0) is 17.6. The van der Waals surface area contributed by atoms with E-state index in [4.69, 9.17) is 0 Å². The molecule has 5 nitrogen and oxygen atoms in total. The van der Waals surface area contributed by atoms with Gasteiger partial charge < -0.3 is 9.88 Å². The molecule has 1 amide bonds. The third-order valence-electron chi connectivity index (χ3n) is 5.01. The maximum absolute atomic E-state index is 12.3. The maximum Gasteiger partial charge on any atom is 0.227 e. The minimum atomic E-state index is -0.190. The summed E-state index contributed by atoms with van der Waals surface area (Å²) in [6.07, 6.45) is 8.94. The predicted octanol–water partition coefficient (Wildman–Crippen LogP) is 2.71. The molecule has 5 heteroatoms. The van der Waals surface area contributed by atoms with Crippen molar-refractivity contribution in [3.8, 4) is 0 Å². The lowest BCUT2D eigenvalue weighted by Gasteiger charge is -2.14. The monoisotopic (exact) mass is 339 g/mol. The van der Waals surface area contributed by atoms with Gasteiger partial charge in [0, 0.05) is 37.8 Å². The molecule has 0 radical (unpaired) electrons. The van der Waals surface area contributed by atoms with E-state index in [1.54, 1.807) is 12.5 Å². The van der Waals surface area contributed by atoms with Crippen LogP contribution in [0, 0.1) is 5.92 Å². The number of amides is 1. The van der Waals surface area contributed by atoms with E-state index in [-0.39, 0.29) is 17.7 Å². The molecule has 1 saturated carbocycles. The largest absolute Gasteiger partial charge is 0.354 e. The summed E-state index contributed by atoms with van der Waals surface area (Å²) in [5.74, 6) is 0.424. The van der Waals surface area contributed by atoms with E-state index in [1.807, 2.05) is 29.8 Å². The number of rotatable bonds is 7. The number of aromatic nitrogens is 2. The topological polar surface area (TPSA) is 64.0 Å². The Morgan fingerprint density at radius 2 is 2.16 bits per heavy atom. The fourth-order valence-corrected chi connectivity index (χ4v) is 3.36. The lowest BCUT2D eigenvalue weighted by atomic mass is 9.94. The Labute approximate surface area is 148 Å². The zero-order valence-electron chi connectivity index (χ0n) is 14.6. The van der Waals surface area contributed by atoms with Gasteiger partial charge in [0.15, 0.2) is 0 Å². The highest BCUT2D eigenvalue weighted by atomic mass is 16.1. The van der Waals surface area contributed by atoms with Crippen molar-refractivity contribution in [1.29, 1.82) is 0 Å². The molecule has 1 aliphatic carbocycles. The molecular formula is C20H25N3O2. The van der Waals surface area contributed by atoms with Crippen LogP contribution in [0.1, 0.15) is 43.2 Å². The van der Waals surface area contributed by atoms with Crippen molar-refractivity contribution in [3.05, 3.63) is 54.1 Å². The first-order valence-corrected chi connectivity index (χ1v) is 8.98. The summed E-state index contributed by atoms with van der Waals surface area (Å²) in [6, 6.07) is 8.12. The van der Waals surface area contributed by atoms with Gasteiger partial charge in [-0.3, -0.25) is 9.59 Å². The highest BCUT2D eigenvalue weighted by Crippen LogP contribution is 2.25. The molecule has 0 aliphatic heterocycles. The Morgan fingerprint density at radius 3 is 2.80 bits per heavy atom. The second-order valence-electron chi connectivity index (χ2n) is 6.81. The lowest BCUT2D eigenvalue weighted by Crippen LogP contribution is -2.30. The molecule has 1 aromatic carbocycles. The van der Waals surface area contributed by atoms with E-state index in [9.17, 15) is 9.59 Å². The first kappa shape index (κ1) is 17.4. The molecule has 0 saturated heterocycles. The van der Waals surface area contributed by atoms with Crippen LogP contribution in [0.5, 0.6) is 0 Å². The van der Waals surface area contributed by atoms with Crippen LogP contribution in [0.4, 0.5) is 0 Å². The smallest absolute Gasteiger partial charge is 0.227 e. The van der Waals surface area contributed by atoms with Crippen molar-refractivity contribution in [1.82, 2.24) is 14.9 Å². The molecule has 1 aliphatic rings. The Bertz CT molecular complexity index is 707. The fourth-order valence-electron chi connectivity index (χ4n) is 3.36. The van der Waals surface area contributed by atoms with Crippen molar-refractivity contribution in [2.24, 2.45) is 5.92 Å². The number of hydrogen-bond donors (Lipinski definition) is 1. The van der Waals surface area contributed by atoms with Crippen molar-refractivity contribution in [2.45, 2.75) is 45.1 Å². The van der Waals surface area contributed by atoms with E-state index in [0.717, 1.165) is 31.2 Å². The Hall–Kier alpha value is -2.43. The third kappa shape index (κ3) is 4.56. The van der Waals surface area contributed by atoms with Gasteiger partial charge in [-0.1, -0.05) is 24.3 Å². The second kappa shape index (κ2) is 8.10. The molecular weight excluding hydrogens is 314 g/mol. The molecule has 0 bridgehead atoms. The number of imidazole rings is 1. The summed E-state index contributed by atoms with van der Waals surface area (Å²) in [6.45, 7) is 3.22. The van der Waals surface area contributed by atoms with E-state index in [2.05, 4.69) is 22.4 Å². The van der Waals surface area contributed by atoms with Crippen molar-refractivity contribution in [3.63, 3.8) is 0 Å². The zero-order valence-corrected chi connectivity index (χ0v) is 14.6. The molecule has 1 aromatic heterocycles. The standard InChI is InChI=1S/C20H25N3O2/c1-15(20(25)22-10-12-23-11-9-21-14-23)17-7-5-16(6-8-17)13-18-3-2-4-19(18)24/h5-9,11,14-15,18H,2-4,10,12-13H2,1H3,(H,22,25)/t15-,18+/m0/s1. The number of benzene rings is 1. The summed E-state index contributed by atoms with van der Waals surface area (Å²) < 4.78 is 1.93. The van der Waals surface area contributed by atoms with Crippen LogP contribution in [-0.2, 0) is 22.6 Å². The SMILES string of the molecule is C[C@H](C(=O)NCCn1ccnc1)c1ccc(C[C@H]2CCCC2=O)cc1. The molecule has 0 unspecified atom stereocenters. The quantitative estimate of drug-likeness (QED) is 0.843. The van der Waals surface area contributed by atoms with Crippen LogP contribution in [0.3, 0.4) is 0 Å². The molecule has 1 heterocycles. The number of Topliss-reactive ketones (excluding diaryl/α,β-unsaturated/α-hetero) is 1. The van der Waals surface area contributed by atoms with Crippen molar-refractivity contribution >= 4 is 11.7 Å². The molecule has 1 N–H and O–H groups in total. The fraction of sp³-hybridized carbons (Fsp3) is 0.450. The van der Waals surface area contributed by atoms with Crippen LogP contribution < -0.4 is 5.32 Å². The number of carbonyl (C=O) groups is 2. The Balaban J connectivity index is 1.50. The van der Waals surface area contributed by atoms with Crippen LogP contribution in [0.2, 0.25) is 0 Å². The lowest BCUT2D eigenvalue weighted by molar-refractivity contribution is -0.122. The number of ketones is 1. The number of hydrogen-bond acceptors (Lipinski definition) is 3. The normalized spacial score (nSPS) is 18.3. The van der Waals surface area contributed by atoms with Gasteiger partial charge in [0.2, 0.25) is 5.91 Å². The summed E-state index contributed by atoms with van der Waals surface area (Å²) in [4.78, 5) is 28.0. The van der Waals surface area contributed by atoms with E-state index >= 15 is 0 Å². The number of nitrogens with zero attached hydrogens (tertiary/aromatic N) is 2. The molecule has 1 fully saturated rings. The average molecular weight is 339 g/mol. The highest BCUT2D eigenvalue weighted by Gasteiger charge is 2.24. The Kier molecular flexibility index (Phi) is 5.64. The van der Waals surface area contributed by atoms with Crippen LogP contribution in [0.15, 0.2) is 43.0 Å². The third-order valence-corrected chi connectivity index (χ3v) is 5.01. The van der Waals surface area contributed by atoms with E-state index in [0.29, 0.717) is 18.9 Å². The summed E-state index contributed by atoms with van der Waals surface area (Å²) >= 11 is 0. The summed E-state index contributed by atoms with van der Waals surface area (Å²) in [5.41, 5.74) is 2.18. The molecule has 3 rings (SSSR count). The van der Waals surface area contributed by atoms with Gasteiger partial charge in [0.25, 0.3) is 0 Å². The molecule has 25 heavy (non-hydrogen) atoms. The first-order valence-electron chi connectivity index (χ1n) is 8.98. The number of nitrogens with one attached hydrogen (secondary N) is 1.